The summed E-state index contributed by atoms with van der Waals surface area (Å²) < 4.78 is 15.5. The molecular weight excluding hydrogens is 749 g/mol. The van der Waals surface area contributed by atoms with Crippen LogP contribution in [0.2, 0.25) is 0 Å². The van der Waals surface area contributed by atoms with Crippen LogP contribution in [0.15, 0.2) is 170 Å². The molecule has 6 nitrogen and oxygen atoms in total. The highest BCUT2D eigenvalue weighted by atomic mass is 16.3. The Labute approximate surface area is 351 Å². The van der Waals surface area contributed by atoms with Crippen molar-refractivity contribution in [1.82, 2.24) is 9.47 Å². The Morgan fingerprint density at radius 3 is 2.25 bits per heavy atom. The van der Waals surface area contributed by atoms with Gasteiger partial charge in [0.25, 0.3) is 0 Å². The molecule has 4 heterocycles. The Kier molecular flexibility index (Phi) is 7.08. The maximum Gasteiger partial charge on any atom is 0.206 e. The zero-order valence-electron chi connectivity index (χ0n) is 34.1. The fourth-order valence-electron chi connectivity index (χ4n) is 10.6. The number of hydrogen-bond donors (Lipinski definition) is 0. The minimum absolute atomic E-state index is 0.0630. The van der Waals surface area contributed by atoms with Gasteiger partial charge in [0.05, 0.1) is 11.0 Å². The van der Waals surface area contributed by atoms with Gasteiger partial charge in [0.15, 0.2) is 5.84 Å². The van der Waals surface area contributed by atoms with E-state index in [0.29, 0.717) is 5.84 Å². The number of nitrogens with zero attached hydrogens (tertiary/aromatic N) is 4. The van der Waals surface area contributed by atoms with Gasteiger partial charge >= 0.3 is 0 Å². The summed E-state index contributed by atoms with van der Waals surface area (Å²) in [5, 5.41) is 6.90. The first-order valence-corrected chi connectivity index (χ1v) is 21.2. The molecule has 7 aromatic carbocycles. The lowest BCUT2D eigenvalue weighted by molar-refractivity contribution is 0.287. The standard InChI is InChI=1S/C55H40N4O2/c1-55(2)43-20-10-7-16-36(43)41-30-42-37-17-8-11-21-45(37)59(46(42)31-44(41)55)54-57-52(33-24-26-39-38-18-9-12-22-47(38)60-49(39)28-33)56-53(58(54)3)34-25-27-40-50(29-34)61-48-23-13-19-35(51(40)48)32-14-5-4-6-15-32/h4-24,26-31,34,54H,25H2,1-3H3. The number of furan rings is 2. The van der Waals surface area contributed by atoms with Crippen LogP contribution in [0.4, 0.5) is 0 Å². The summed E-state index contributed by atoms with van der Waals surface area (Å²) in [6, 6.07) is 54.1. The Balaban J connectivity index is 1.02. The fourth-order valence-corrected chi connectivity index (χ4v) is 10.6. The molecule has 0 amide bonds. The smallest absolute Gasteiger partial charge is 0.206 e. The molecule has 3 aromatic heterocycles. The van der Waals surface area contributed by atoms with Crippen LogP contribution in [0, 0.1) is 5.92 Å². The average molecular weight is 789 g/mol. The summed E-state index contributed by atoms with van der Waals surface area (Å²) in [4.78, 5) is 13.4. The van der Waals surface area contributed by atoms with E-state index in [4.69, 9.17) is 18.8 Å². The maximum atomic E-state index is 6.69. The van der Waals surface area contributed by atoms with Crippen molar-refractivity contribution in [2.45, 2.75) is 32.0 Å². The first-order chi connectivity index (χ1) is 29.9. The molecule has 3 aliphatic rings. The third-order valence-corrected chi connectivity index (χ3v) is 13.6. The SMILES string of the molecule is CN1C(C2C=c3oc4cccc(-c5ccccc5)c4c3=CC2)=NC(c2ccc3c(c2)oc2ccccc23)=NC1n1c2ccccc2c2cc3c(cc21)C(C)(C)c1ccccc1-3. The summed E-state index contributed by atoms with van der Waals surface area (Å²) in [7, 11) is 2.15. The molecule has 1 aliphatic heterocycles. The van der Waals surface area contributed by atoms with Crippen LogP contribution < -0.4 is 10.6 Å². The van der Waals surface area contributed by atoms with E-state index >= 15 is 0 Å². The van der Waals surface area contributed by atoms with Gasteiger partial charge in [0, 0.05) is 56.1 Å². The van der Waals surface area contributed by atoms with Crippen LogP contribution in [0.3, 0.4) is 0 Å². The number of rotatable bonds is 4. The molecule has 13 rings (SSSR count). The van der Waals surface area contributed by atoms with Gasteiger partial charge in [0.2, 0.25) is 6.29 Å². The van der Waals surface area contributed by atoms with E-state index < -0.39 is 6.29 Å². The van der Waals surface area contributed by atoms with E-state index in [1.54, 1.807) is 0 Å². The Morgan fingerprint density at radius 2 is 1.34 bits per heavy atom. The van der Waals surface area contributed by atoms with E-state index in [9.17, 15) is 0 Å². The summed E-state index contributed by atoms with van der Waals surface area (Å²) in [6.45, 7) is 4.70. The van der Waals surface area contributed by atoms with Crippen molar-refractivity contribution in [2.75, 3.05) is 7.05 Å². The molecule has 0 N–H and O–H groups in total. The molecule has 10 aromatic rings. The first kappa shape index (κ1) is 34.4. The van der Waals surface area contributed by atoms with Crippen molar-refractivity contribution in [3.8, 4) is 22.3 Å². The van der Waals surface area contributed by atoms with Gasteiger partial charge in [-0.3, -0.25) is 0 Å². The highest BCUT2D eigenvalue weighted by molar-refractivity contribution is 6.14. The molecular formula is C55H40N4O2. The molecule has 0 spiro atoms. The van der Waals surface area contributed by atoms with Gasteiger partial charge in [-0.05, 0) is 88.3 Å². The predicted octanol–water partition coefficient (Wildman–Crippen LogP) is 11.9. The summed E-state index contributed by atoms with van der Waals surface area (Å²) >= 11 is 0. The zero-order chi connectivity index (χ0) is 40.6. The number of para-hydroxylation sites is 2. The monoisotopic (exact) mass is 788 g/mol. The number of hydrogen-bond acceptors (Lipinski definition) is 5. The quantitative estimate of drug-likeness (QED) is 0.178. The Hall–Kier alpha value is -7.44. The summed E-state index contributed by atoms with van der Waals surface area (Å²) in [5.41, 5.74) is 14.2. The van der Waals surface area contributed by atoms with Gasteiger partial charge in [-0.15, -0.1) is 0 Å². The third kappa shape index (κ3) is 4.90. The molecule has 61 heavy (non-hydrogen) atoms. The van der Waals surface area contributed by atoms with Gasteiger partial charge in [-0.1, -0.05) is 129 Å². The minimum atomic E-state index is -0.434. The van der Waals surface area contributed by atoms with Gasteiger partial charge in [-0.2, -0.15) is 0 Å². The average Bonchev–Trinajstić information content (AvgIpc) is 4.02. The lowest BCUT2D eigenvalue weighted by Gasteiger charge is -2.36. The predicted molar refractivity (Wildman–Crippen MR) is 249 cm³/mol. The Bertz CT molecular complexity index is 3690. The van der Waals surface area contributed by atoms with Crippen molar-refractivity contribution >= 4 is 78.5 Å². The normalized spacial score (nSPS) is 17.9. The maximum absolute atomic E-state index is 6.69. The van der Waals surface area contributed by atoms with Gasteiger partial charge < -0.3 is 18.3 Å². The highest BCUT2D eigenvalue weighted by Crippen LogP contribution is 2.51. The Morgan fingerprint density at radius 1 is 0.590 bits per heavy atom. The van der Waals surface area contributed by atoms with E-state index in [1.807, 2.05) is 12.1 Å². The van der Waals surface area contributed by atoms with Crippen LogP contribution in [0.1, 0.15) is 43.2 Å². The topological polar surface area (TPSA) is 59.2 Å². The van der Waals surface area contributed by atoms with E-state index in [1.165, 1.54) is 44.2 Å². The van der Waals surface area contributed by atoms with Gasteiger partial charge in [0.1, 0.15) is 28.0 Å². The zero-order valence-corrected chi connectivity index (χ0v) is 34.1. The number of benzene rings is 7. The molecule has 292 valence electrons. The van der Waals surface area contributed by atoms with Crippen LogP contribution in [-0.2, 0) is 5.41 Å². The second kappa shape index (κ2) is 12.5. The molecule has 0 fully saturated rings. The molecule has 0 radical (unpaired) electrons. The van der Waals surface area contributed by atoms with E-state index in [-0.39, 0.29) is 11.3 Å². The van der Waals surface area contributed by atoms with E-state index in [0.717, 1.165) is 72.4 Å². The molecule has 2 atom stereocenters. The lowest BCUT2D eigenvalue weighted by Crippen LogP contribution is -2.42. The van der Waals surface area contributed by atoms with Crippen LogP contribution >= 0.6 is 0 Å². The second-order valence-corrected chi connectivity index (χ2v) is 17.3. The van der Waals surface area contributed by atoms with Crippen molar-refractivity contribution < 1.29 is 8.83 Å². The largest absolute Gasteiger partial charge is 0.456 e. The van der Waals surface area contributed by atoms with Crippen molar-refractivity contribution in [3.05, 3.63) is 179 Å². The first-order valence-electron chi connectivity index (χ1n) is 21.2. The van der Waals surface area contributed by atoms with Crippen LogP contribution in [-0.4, -0.2) is 28.2 Å². The van der Waals surface area contributed by atoms with E-state index in [2.05, 4.69) is 182 Å². The molecule has 0 saturated heterocycles. The number of amidine groups is 2. The van der Waals surface area contributed by atoms with Crippen LogP contribution in [0.5, 0.6) is 0 Å². The van der Waals surface area contributed by atoms with Gasteiger partial charge in [-0.25, -0.2) is 9.98 Å². The van der Waals surface area contributed by atoms with Crippen molar-refractivity contribution in [3.63, 3.8) is 0 Å². The second-order valence-electron chi connectivity index (χ2n) is 17.3. The molecule has 6 heteroatoms. The fraction of sp³-hybridized carbons (Fsp3) is 0.127. The van der Waals surface area contributed by atoms with Crippen molar-refractivity contribution in [1.29, 1.82) is 0 Å². The molecule has 2 aliphatic carbocycles. The minimum Gasteiger partial charge on any atom is -0.456 e. The number of fused-ring (bicyclic) bond motifs is 12. The van der Waals surface area contributed by atoms with Crippen LogP contribution in [0.25, 0.3) is 89.1 Å². The third-order valence-electron chi connectivity index (χ3n) is 13.6. The highest BCUT2D eigenvalue weighted by Gasteiger charge is 2.38. The molecule has 2 unspecified atom stereocenters. The molecule has 0 bridgehead atoms. The van der Waals surface area contributed by atoms with Crippen molar-refractivity contribution in [2.24, 2.45) is 15.9 Å². The molecule has 0 saturated carbocycles. The summed E-state index contributed by atoms with van der Waals surface area (Å²) in [5.74, 6) is 1.55. The number of aliphatic imine (C=N–C) groups is 2. The lowest BCUT2D eigenvalue weighted by atomic mass is 9.82. The summed E-state index contributed by atoms with van der Waals surface area (Å²) in [6.07, 6.45) is 4.96. The number of aromatic nitrogens is 1.